The second-order valence-electron chi connectivity index (χ2n) is 8.00. The normalized spacial score (nSPS) is 23.0. The molecule has 0 aromatic heterocycles. The van der Waals surface area contributed by atoms with E-state index in [1.54, 1.807) is 0 Å². The molecule has 0 bridgehead atoms. The van der Waals surface area contributed by atoms with Crippen molar-refractivity contribution in [3.63, 3.8) is 0 Å². The molecule has 0 spiro atoms. The third-order valence-corrected chi connectivity index (χ3v) is 6.08. The number of rotatable bonds is 5. The Labute approximate surface area is 161 Å². The van der Waals surface area contributed by atoms with Crippen molar-refractivity contribution in [2.24, 2.45) is 0 Å². The summed E-state index contributed by atoms with van der Waals surface area (Å²) in [7, 11) is 0. The van der Waals surface area contributed by atoms with Crippen molar-refractivity contribution in [2.45, 2.75) is 50.5 Å². The van der Waals surface area contributed by atoms with Crippen molar-refractivity contribution < 1.29 is 19.0 Å². The Morgan fingerprint density at radius 3 is 2.67 bits per heavy atom. The third-order valence-electron chi connectivity index (χ3n) is 6.08. The lowest BCUT2D eigenvalue weighted by Gasteiger charge is -2.38. The van der Waals surface area contributed by atoms with E-state index < -0.39 is 5.41 Å². The van der Waals surface area contributed by atoms with E-state index in [9.17, 15) is 4.79 Å². The zero-order valence-electron chi connectivity index (χ0n) is 16.2. The minimum absolute atomic E-state index is 0.114. The minimum Gasteiger partial charge on any atom is -0.454 e. The second-order valence-corrected chi connectivity index (χ2v) is 8.00. The Morgan fingerprint density at radius 2 is 1.89 bits per heavy atom. The highest BCUT2D eigenvalue weighted by Crippen LogP contribution is 2.43. The summed E-state index contributed by atoms with van der Waals surface area (Å²) in [6.45, 7) is 6.66. The molecule has 1 saturated carbocycles. The molecular formula is C21H30N2O4. The zero-order chi connectivity index (χ0) is 18.7. The summed E-state index contributed by atoms with van der Waals surface area (Å²) in [6.07, 6.45) is 5.15. The van der Waals surface area contributed by atoms with Gasteiger partial charge >= 0.3 is 0 Å². The van der Waals surface area contributed by atoms with E-state index in [1.165, 1.54) is 6.42 Å². The number of hydrogen-bond donors (Lipinski definition) is 1. The minimum atomic E-state index is -0.460. The molecule has 1 unspecified atom stereocenters. The molecule has 1 aromatic rings. The van der Waals surface area contributed by atoms with E-state index in [1.807, 2.05) is 18.2 Å². The van der Waals surface area contributed by atoms with Crippen LogP contribution in [0.15, 0.2) is 18.2 Å². The van der Waals surface area contributed by atoms with Gasteiger partial charge in [0.25, 0.3) is 0 Å². The van der Waals surface area contributed by atoms with Gasteiger partial charge in [-0.05, 0) is 37.5 Å². The lowest BCUT2D eigenvalue weighted by molar-refractivity contribution is -0.128. The molecule has 1 aliphatic carbocycles. The number of nitrogens with one attached hydrogen (secondary N) is 1. The predicted octanol–water partition coefficient (Wildman–Crippen LogP) is 2.45. The van der Waals surface area contributed by atoms with Crippen molar-refractivity contribution in [1.82, 2.24) is 10.2 Å². The number of carbonyl (C=O) groups is 1. The molecule has 1 saturated heterocycles. The maximum absolute atomic E-state index is 13.4. The lowest BCUT2D eigenvalue weighted by Crippen LogP contribution is -2.52. The Bertz CT molecular complexity index is 666. The molecule has 148 valence electrons. The number of morpholine rings is 1. The van der Waals surface area contributed by atoms with Gasteiger partial charge in [-0.3, -0.25) is 9.69 Å². The van der Waals surface area contributed by atoms with Gasteiger partial charge in [0.1, 0.15) is 0 Å². The molecule has 1 atom stereocenters. The fourth-order valence-corrected chi connectivity index (χ4v) is 4.57. The van der Waals surface area contributed by atoms with Gasteiger partial charge in [-0.15, -0.1) is 0 Å². The van der Waals surface area contributed by atoms with Gasteiger partial charge in [-0.2, -0.15) is 0 Å². The molecule has 27 heavy (non-hydrogen) atoms. The Hall–Kier alpha value is -1.79. The quantitative estimate of drug-likeness (QED) is 0.858. The Balaban J connectivity index is 1.49. The monoisotopic (exact) mass is 374 g/mol. The van der Waals surface area contributed by atoms with Crippen LogP contribution < -0.4 is 14.8 Å². The summed E-state index contributed by atoms with van der Waals surface area (Å²) in [5.41, 5.74) is 0.598. The first-order valence-electron chi connectivity index (χ1n) is 10.2. The molecular weight excluding hydrogens is 344 g/mol. The van der Waals surface area contributed by atoms with Crippen LogP contribution in [0.25, 0.3) is 0 Å². The maximum Gasteiger partial charge on any atom is 0.231 e. The third kappa shape index (κ3) is 3.92. The lowest BCUT2D eigenvalue weighted by atomic mass is 9.68. The number of ether oxygens (including phenoxy) is 3. The number of carbonyl (C=O) groups excluding carboxylic acids is 1. The highest BCUT2D eigenvalue weighted by molar-refractivity contribution is 5.88. The van der Waals surface area contributed by atoms with Crippen LogP contribution in [0.2, 0.25) is 0 Å². The first kappa shape index (κ1) is 18.6. The van der Waals surface area contributed by atoms with Gasteiger partial charge in [0.2, 0.25) is 12.7 Å². The molecule has 6 nitrogen and oxygen atoms in total. The zero-order valence-corrected chi connectivity index (χ0v) is 16.2. The van der Waals surface area contributed by atoms with Crippen molar-refractivity contribution in [3.05, 3.63) is 23.8 Å². The number of benzene rings is 1. The van der Waals surface area contributed by atoms with Gasteiger partial charge in [0.05, 0.1) is 18.6 Å². The van der Waals surface area contributed by atoms with Crippen LogP contribution in [0, 0.1) is 0 Å². The standard InChI is InChI=1S/C21H30N2O4/c1-16(14-23-9-11-25-12-10-23)22-20(24)21(7-3-2-4-8-21)17-5-6-18-19(13-17)27-15-26-18/h5-6,13,16H,2-4,7-12,14-15H2,1H3,(H,22,24). The summed E-state index contributed by atoms with van der Waals surface area (Å²) in [5, 5.41) is 3.31. The first-order chi connectivity index (χ1) is 13.2. The van der Waals surface area contributed by atoms with Crippen molar-refractivity contribution in [1.29, 1.82) is 0 Å². The van der Waals surface area contributed by atoms with Gasteiger partial charge in [0, 0.05) is 25.7 Å². The molecule has 4 rings (SSSR count). The molecule has 6 heteroatoms. The van der Waals surface area contributed by atoms with Crippen molar-refractivity contribution in [2.75, 3.05) is 39.6 Å². The van der Waals surface area contributed by atoms with Crippen LogP contribution >= 0.6 is 0 Å². The fourth-order valence-electron chi connectivity index (χ4n) is 4.57. The molecule has 1 aromatic carbocycles. The van der Waals surface area contributed by atoms with E-state index in [4.69, 9.17) is 14.2 Å². The topological polar surface area (TPSA) is 60.0 Å². The Morgan fingerprint density at radius 1 is 1.15 bits per heavy atom. The van der Waals surface area contributed by atoms with E-state index in [-0.39, 0.29) is 18.7 Å². The van der Waals surface area contributed by atoms with E-state index in [0.29, 0.717) is 0 Å². The van der Waals surface area contributed by atoms with E-state index in [0.717, 1.165) is 75.6 Å². The molecule has 1 N–H and O–H groups in total. The van der Waals surface area contributed by atoms with Crippen LogP contribution in [-0.2, 0) is 14.9 Å². The van der Waals surface area contributed by atoms with Gasteiger partial charge in [0.15, 0.2) is 11.5 Å². The van der Waals surface area contributed by atoms with E-state index in [2.05, 4.69) is 17.1 Å². The van der Waals surface area contributed by atoms with Gasteiger partial charge in [-0.25, -0.2) is 0 Å². The van der Waals surface area contributed by atoms with Crippen LogP contribution in [-0.4, -0.2) is 56.5 Å². The summed E-state index contributed by atoms with van der Waals surface area (Å²) in [4.78, 5) is 15.8. The summed E-state index contributed by atoms with van der Waals surface area (Å²) >= 11 is 0. The van der Waals surface area contributed by atoms with Crippen molar-refractivity contribution in [3.8, 4) is 11.5 Å². The van der Waals surface area contributed by atoms with Crippen LogP contribution in [0.4, 0.5) is 0 Å². The highest BCUT2D eigenvalue weighted by atomic mass is 16.7. The van der Waals surface area contributed by atoms with Gasteiger partial charge < -0.3 is 19.5 Å². The van der Waals surface area contributed by atoms with Crippen molar-refractivity contribution >= 4 is 5.91 Å². The molecule has 3 aliphatic rings. The Kier molecular flexibility index (Phi) is 5.55. The number of fused-ring (bicyclic) bond motifs is 1. The number of amides is 1. The second kappa shape index (κ2) is 8.07. The predicted molar refractivity (Wildman–Crippen MR) is 102 cm³/mol. The molecule has 2 fully saturated rings. The summed E-state index contributed by atoms with van der Waals surface area (Å²) in [6, 6.07) is 6.12. The molecule has 2 aliphatic heterocycles. The molecule has 1 amide bonds. The number of nitrogens with zero attached hydrogens (tertiary/aromatic N) is 1. The number of hydrogen-bond acceptors (Lipinski definition) is 5. The molecule has 2 heterocycles. The average Bonchev–Trinajstić information content (AvgIpc) is 3.17. The van der Waals surface area contributed by atoms with E-state index >= 15 is 0 Å². The molecule has 0 radical (unpaired) electrons. The largest absolute Gasteiger partial charge is 0.454 e. The van der Waals surface area contributed by atoms with Gasteiger partial charge in [-0.1, -0.05) is 25.3 Å². The van der Waals surface area contributed by atoms with Crippen LogP contribution in [0.1, 0.15) is 44.6 Å². The maximum atomic E-state index is 13.4. The average molecular weight is 374 g/mol. The SMILES string of the molecule is CC(CN1CCOCC1)NC(=O)C1(c2ccc3c(c2)OCO3)CCCCC1. The van der Waals surface area contributed by atoms with Crippen LogP contribution in [0.5, 0.6) is 11.5 Å². The first-order valence-corrected chi connectivity index (χ1v) is 10.2. The smallest absolute Gasteiger partial charge is 0.231 e. The summed E-state index contributed by atoms with van der Waals surface area (Å²) < 4.78 is 16.4. The summed E-state index contributed by atoms with van der Waals surface area (Å²) in [5.74, 6) is 1.68. The van der Waals surface area contributed by atoms with Crippen LogP contribution in [0.3, 0.4) is 0 Å². The highest BCUT2D eigenvalue weighted by Gasteiger charge is 2.42. The fraction of sp³-hybridized carbons (Fsp3) is 0.667.